The lowest BCUT2D eigenvalue weighted by Gasteiger charge is -2.46. The zero-order valence-electron chi connectivity index (χ0n) is 11.9. The molecular formula is C16H20Cl2N2O. The Kier molecular flexibility index (Phi) is 3.78. The van der Waals surface area contributed by atoms with Crippen molar-refractivity contribution in [2.75, 3.05) is 26.2 Å². The number of benzene rings is 1. The first-order valence-corrected chi connectivity index (χ1v) is 8.56. The van der Waals surface area contributed by atoms with Crippen LogP contribution in [0.1, 0.15) is 30.9 Å². The second-order valence-electron chi connectivity index (χ2n) is 6.41. The maximum atomic E-state index is 6.27. The van der Waals surface area contributed by atoms with Gasteiger partial charge in [-0.15, -0.1) is 0 Å². The zero-order chi connectivity index (χ0) is 14.4. The average molecular weight is 327 g/mol. The third-order valence-corrected chi connectivity index (χ3v) is 5.64. The fraction of sp³-hybridized carbons (Fsp3) is 0.625. The van der Waals surface area contributed by atoms with Crippen LogP contribution >= 0.6 is 23.2 Å². The molecular weight excluding hydrogens is 307 g/mol. The Balaban J connectivity index is 1.57. The van der Waals surface area contributed by atoms with Crippen LogP contribution in [-0.2, 0) is 0 Å². The van der Waals surface area contributed by atoms with Gasteiger partial charge in [0.1, 0.15) is 5.75 Å². The Morgan fingerprint density at radius 2 is 1.95 bits per heavy atom. The van der Waals surface area contributed by atoms with Crippen molar-refractivity contribution in [1.29, 1.82) is 0 Å². The first-order valence-electron chi connectivity index (χ1n) is 7.81. The fourth-order valence-electron chi connectivity index (χ4n) is 4.01. The van der Waals surface area contributed by atoms with Gasteiger partial charge in [-0.3, -0.25) is 0 Å². The van der Waals surface area contributed by atoms with Gasteiger partial charge in [0.05, 0.1) is 11.6 Å². The van der Waals surface area contributed by atoms with Crippen LogP contribution in [-0.4, -0.2) is 37.2 Å². The lowest BCUT2D eigenvalue weighted by molar-refractivity contribution is 0.0634. The van der Waals surface area contributed by atoms with Gasteiger partial charge >= 0.3 is 0 Å². The van der Waals surface area contributed by atoms with E-state index in [0.29, 0.717) is 28.7 Å². The highest BCUT2D eigenvalue weighted by Crippen LogP contribution is 2.41. The topological polar surface area (TPSA) is 24.5 Å². The van der Waals surface area contributed by atoms with Crippen molar-refractivity contribution in [2.24, 2.45) is 5.92 Å². The van der Waals surface area contributed by atoms with E-state index in [1.165, 1.54) is 32.5 Å². The normalized spacial score (nSPS) is 34.4. The lowest BCUT2D eigenvalue weighted by atomic mass is 9.83. The molecule has 0 aromatic heterocycles. The van der Waals surface area contributed by atoms with E-state index in [9.17, 15) is 0 Å². The molecule has 0 radical (unpaired) electrons. The fourth-order valence-corrected chi connectivity index (χ4v) is 4.57. The molecule has 114 valence electrons. The molecule has 1 N–H and O–H groups in total. The minimum absolute atomic E-state index is 0.301. The molecule has 0 amide bonds. The molecule has 2 bridgehead atoms. The average Bonchev–Trinajstić information content (AvgIpc) is 2.49. The van der Waals surface area contributed by atoms with Crippen LogP contribution in [0, 0.1) is 5.92 Å². The summed E-state index contributed by atoms with van der Waals surface area (Å²) in [5, 5.41) is 5.17. The Morgan fingerprint density at radius 3 is 2.67 bits per heavy atom. The number of halogens is 2. The van der Waals surface area contributed by atoms with Gasteiger partial charge in [0, 0.05) is 35.6 Å². The smallest absolute Gasteiger partial charge is 0.142 e. The monoisotopic (exact) mass is 326 g/mol. The van der Waals surface area contributed by atoms with Crippen molar-refractivity contribution in [1.82, 2.24) is 10.2 Å². The van der Waals surface area contributed by atoms with Crippen molar-refractivity contribution < 1.29 is 4.74 Å². The number of ether oxygens (including phenoxy) is 1. The van der Waals surface area contributed by atoms with Gasteiger partial charge in [0.2, 0.25) is 0 Å². The van der Waals surface area contributed by atoms with Gasteiger partial charge in [-0.05, 0) is 44.0 Å². The van der Waals surface area contributed by atoms with Crippen molar-refractivity contribution in [2.45, 2.75) is 31.3 Å². The van der Waals surface area contributed by atoms with Gasteiger partial charge in [-0.25, -0.2) is 0 Å². The molecule has 0 spiro atoms. The molecule has 1 aromatic carbocycles. The van der Waals surface area contributed by atoms with Gasteiger partial charge in [-0.1, -0.05) is 23.2 Å². The molecule has 5 heteroatoms. The predicted molar refractivity (Wildman–Crippen MR) is 85.4 cm³/mol. The molecule has 4 aliphatic rings. The summed E-state index contributed by atoms with van der Waals surface area (Å²) in [5.41, 5.74) is 1.12. The SMILES string of the molecule is Clc1cc(Cl)c2c(c1)C(NC1CN3CCC1CC3)CCO2. The number of rotatable bonds is 2. The molecule has 21 heavy (non-hydrogen) atoms. The van der Waals surface area contributed by atoms with Gasteiger partial charge in [0.25, 0.3) is 0 Å². The van der Waals surface area contributed by atoms with Crippen LogP contribution in [0.3, 0.4) is 0 Å². The van der Waals surface area contributed by atoms with Crippen molar-refractivity contribution in [3.8, 4) is 5.75 Å². The van der Waals surface area contributed by atoms with Crippen LogP contribution in [0.4, 0.5) is 0 Å². The molecule has 2 atom stereocenters. The van der Waals surface area contributed by atoms with E-state index >= 15 is 0 Å². The van der Waals surface area contributed by atoms with Crippen molar-refractivity contribution >= 4 is 23.2 Å². The first-order chi connectivity index (χ1) is 10.2. The van der Waals surface area contributed by atoms with Crippen molar-refractivity contribution in [3.05, 3.63) is 27.7 Å². The number of hydrogen-bond donors (Lipinski definition) is 1. The van der Waals surface area contributed by atoms with Crippen LogP contribution in [0.5, 0.6) is 5.75 Å². The summed E-state index contributed by atoms with van der Waals surface area (Å²) >= 11 is 12.5. The summed E-state index contributed by atoms with van der Waals surface area (Å²) in [6.07, 6.45) is 3.63. The van der Waals surface area contributed by atoms with E-state index in [-0.39, 0.29) is 0 Å². The largest absolute Gasteiger partial charge is 0.492 e. The van der Waals surface area contributed by atoms with E-state index in [1.807, 2.05) is 6.07 Å². The molecule has 3 saturated heterocycles. The molecule has 3 nitrogen and oxygen atoms in total. The van der Waals surface area contributed by atoms with Crippen LogP contribution in [0.15, 0.2) is 12.1 Å². The highest BCUT2D eigenvalue weighted by atomic mass is 35.5. The lowest BCUT2D eigenvalue weighted by Crippen LogP contribution is -2.56. The van der Waals surface area contributed by atoms with E-state index in [0.717, 1.165) is 23.7 Å². The van der Waals surface area contributed by atoms with Crippen LogP contribution in [0.25, 0.3) is 0 Å². The quantitative estimate of drug-likeness (QED) is 0.900. The van der Waals surface area contributed by atoms with Gasteiger partial charge in [0.15, 0.2) is 0 Å². The number of hydrogen-bond acceptors (Lipinski definition) is 3. The summed E-state index contributed by atoms with van der Waals surface area (Å²) in [6.45, 7) is 4.43. The molecule has 0 aliphatic carbocycles. The Morgan fingerprint density at radius 1 is 1.14 bits per heavy atom. The standard InChI is InChI=1S/C16H20Cl2N2O/c17-11-7-12-14(3-6-21-16(12)13(18)8-11)19-15-9-20-4-1-10(15)2-5-20/h7-8,10,14-15,19H,1-6,9H2. The van der Waals surface area contributed by atoms with E-state index in [2.05, 4.69) is 10.2 Å². The Hall–Kier alpha value is -0.480. The van der Waals surface area contributed by atoms with Crippen LogP contribution < -0.4 is 10.1 Å². The second kappa shape index (κ2) is 5.62. The Labute approximate surface area is 135 Å². The number of nitrogens with one attached hydrogen (secondary N) is 1. The van der Waals surface area contributed by atoms with Crippen molar-refractivity contribution in [3.63, 3.8) is 0 Å². The maximum Gasteiger partial charge on any atom is 0.142 e. The number of nitrogens with zero attached hydrogens (tertiary/aromatic N) is 1. The summed E-state index contributed by atoms with van der Waals surface area (Å²) in [7, 11) is 0. The molecule has 4 heterocycles. The minimum atomic E-state index is 0.301. The highest BCUT2D eigenvalue weighted by Gasteiger charge is 2.36. The summed E-state index contributed by atoms with van der Waals surface area (Å²) in [4.78, 5) is 2.57. The first kappa shape index (κ1) is 14.1. The predicted octanol–water partition coefficient (Wildman–Crippen LogP) is 3.50. The van der Waals surface area contributed by atoms with Gasteiger partial charge < -0.3 is 15.0 Å². The Bertz CT molecular complexity index is 543. The third kappa shape index (κ3) is 2.65. The number of piperidine rings is 3. The summed E-state index contributed by atoms with van der Waals surface area (Å²) < 4.78 is 5.75. The van der Waals surface area contributed by atoms with E-state index in [4.69, 9.17) is 27.9 Å². The molecule has 1 aromatic rings. The molecule has 3 fully saturated rings. The van der Waals surface area contributed by atoms with E-state index < -0.39 is 0 Å². The van der Waals surface area contributed by atoms with Crippen LogP contribution in [0.2, 0.25) is 10.0 Å². The molecule has 2 unspecified atom stereocenters. The third-order valence-electron chi connectivity index (χ3n) is 5.14. The molecule has 0 saturated carbocycles. The highest BCUT2D eigenvalue weighted by molar-refractivity contribution is 6.35. The summed E-state index contributed by atoms with van der Waals surface area (Å²) in [5.74, 6) is 1.63. The molecule has 5 rings (SSSR count). The second-order valence-corrected chi connectivity index (χ2v) is 7.25. The van der Waals surface area contributed by atoms with E-state index in [1.54, 1.807) is 6.07 Å². The summed E-state index contributed by atoms with van der Waals surface area (Å²) in [6, 6.07) is 4.65. The molecule has 4 aliphatic heterocycles. The maximum absolute atomic E-state index is 6.27. The minimum Gasteiger partial charge on any atom is -0.492 e. The zero-order valence-corrected chi connectivity index (χ0v) is 13.5. The van der Waals surface area contributed by atoms with Gasteiger partial charge in [-0.2, -0.15) is 0 Å². The number of fused-ring (bicyclic) bond motifs is 4.